The lowest BCUT2D eigenvalue weighted by Crippen LogP contribution is -2.45. The molecule has 0 radical (unpaired) electrons. The summed E-state index contributed by atoms with van der Waals surface area (Å²) in [5, 5.41) is 14.7. The summed E-state index contributed by atoms with van der Waals surface area (Å²) in [4.78, 5) is 16.6. The number of aliphatic hydroxyl groups is 1. The highest BCUT2D eigenvalue weighted by Gasteiger charge is 2.17. The second-order valence-corrected chi connectivity index (χ2v) is 5.93. The molecule has 1 saturated heterocycles. The Balaban J connectivity index is 1.97. The smallest absolute Gasteiger partial charge is 0.319 e. The molecule has 0 saturated carbocycles. The number of aliphatic hydroxyl groups excluding tert-OH is 1. The SMILES string of the molecule is CC(CO)CNC(=O)Nc1ccccc1N1CCN(C)CC1. The van der Waals surface area contributed by atoms with Gasteiger partial charge in [-0.1, -0.05) is 19.1 Å². The zero-order valence-electron chi connectivity index (χ0n) is 13.4. The highest BCUT2D eigenvalue weighted by Crippen LogP contribution is 2.26. The third kappa shape index (κ3) is 4.61. The van der Waals surface area contributed by atoms with Crippen molar-refractivity contribution in [3.05, 3.63) is 24.3 Å². The van der Waals surface area contributed by atoms with E-state index in [9.17, 15) is 4.79 Å². The van der Waals surface area contributed by atoms with Gasteiger partial charge in [0.25, 0.3) is 0 Å². The number of nitrogens with zero attached hydrogens (tertiary/aromatic N) is 2. The fraction of sp³-hybridized carbons (Fsp3) is 0.562. The van der Waals surface area contributed by atoms with E-state index in [0.29, 0.717) is 6.54 Å². The molecular weight excluding hydrogens is 280 g/mol. The van der Waals surface area contributed by atoms with Gasteiger partial charge in [0.1, 0.15) is 0 Å². The lowest BCUT2D eigenvalue weighted by Gasteiger charge is -2.35. The molecular formula is C16H26N4O2. The van der Waals surface area contributed by atoms with Crippen molar-refractivity contribution in [2.24, 2.45) is 5.92 Å². The van der Waals surface area contributed by atoms with Gasteiger partial charge in [0.15, 0.2) is 0 Å². The van der Waals surface area contributed by atoms with E-state index in [4.69, 9.17) is 5.11 Å². The molecule has 0 aliphatic carbocycles. The molecule has 2 rings (SSSR count). The van der Waals surface area contributed by atoms with Gasteiger partial charge < -0.3 is 25.5 Å². The number of likely N-dealkylation sites (N-methyl/N-ethyl adjacent to an activating group) is 1. The number of hydrogen-bond donors (Lipinski definition) is 3. The number of para-hydroxylation sites is 2. The predicted molar refractivity (Wildman–Crippen MR) is 89.4 cm³/mol. The Morgan fingerprint density at radius 1 is 1.27 bits per heavy atom. The van der Waals surface area contributed by atoms with Crippen LogP contribution in [0.25, 0.3) is 0 Å². The van der Waals surface area contributed by atoms with Crippen molar-refractivity contribution in [2.75, 3.05) is 56.6 Å². The van der Waals surface area contributed by atoms with Gasteiger partial charge in [0, 0.05) is 39.3 Å². The fourth-order valence-corrected chi connectivity index (χ4v) is 2.40. The van der Waals surface area contributed by atoms with Crippen LogP contribution < -0.4 is 15.5 Å². The second-order valence-electron chi connectivity index (χ2n) is 5.93. The van der Waals surface area contributed by atoms with Crippen LogP contribution in [0.2, 0.25) is 0 Å². The Kier molecular flexibility index (Phi) is 6.03. The summed E-state index contributed by atoms with van der Waals surface area (Å²) >= 11 is 0. The van der Waals surface area contributed by atoms with Gasteiger partial charge in [0.05, 0.1) is 11.4 Å². The standard InChI is InChI=1S/C16H26N4O2/c1-13(12-21)11-17-16(22)18-14-5-3-4-6-15(14)20-9-7-19(2)8-10-20/h3-6,13,21H,7-12H2,1-2H3,(H2,17,18,22). The van der Waals surface area contributed by atoms with Crippen LogP contribution in [0, 0.1) is 5.92 Å². The number of hydrogen-bond acceptors (Lipinski definition) is 4. The molecule has 1 aliphatic rings. The predicted octanol–water partition coefficient (Wildman–Crippen LogP) is 1.19. The summed E-state index contributed by atoms with van der Waals surface area (Å²) in [7, 11) is 2.12. The molecule has 1 unspecified atom stereocenters. The number of amides is 2. The van der Waals surface area contributed by atoms with E-state index in [1.165, 1.54) is 0 Å². The fourth-order valence-electron chi connectivity index (χ4n) is 2.40. The quantitative estimate of drug-likeness (QED) is 0.764. The first-order valence-corrected chi connectivity index (χ1v) is 7.78. The molecule has 0 bridgehead atoms. The first-order chi connectivity index (χ1) is 10.6. The Labute approximate surface area is 132 Å². The van der Waals surface area contributed by atoms with E-state index in [-0.39, 0.29) is 18.6 Å². The summed E-state index contributed by atoms with van der Waals surface area (Å²) in [6, 6.07) is 7.64. The van der Waals surface area contributed by atoms with Gasteiger partial charge in [-0.05, 0) is 25.1 Å². The largest absolute Gasteiger partial charge is 0.396 e. The number of nitrogens with one attached hydrogen (secondary N) is 2. The molecule has 1 aromatic carbocycles. The third-order valence-electron chi connectivity index (χ3n) is 3.92. The highest BCUT2D eigenvalue weighted by atomic mass is 16.3. The summed E-state index contributed by atoms with van der Waals surface area (Å²) in [5.74, 6) is 0.0543. The van der Waals surface area contributed by atoms with E-state index < -0.39 is 0 Å². The lowest BCUT2D eigenvalue weighted by atomic mass is 10.2. The number of rotatable bonds is 5. The molecule has 1 atom stereocenters. The van der Waals surface area contributed by atoms with Crippen molar-refractivity contribution >= 4 is 17.4 Å². The lowest BCUT2D eigenvalue weighted by molar-refractivity contribution is 0.227. The number of piperazine rings is 1. The molecule has 6 nitrogen and oxygen atoms in total. The normalized spacial score (nSPS) is 17.1. The van der Waals surface area contributed by atoms with Crippen LogP contribution in [0.1, 0.15) is 6.92 Å². The minimum absolute atomic E-state index is 0.0543. The van der Waals surface area contributed by atoms with E-state index in [0.717, 1.165) is 37.6 Å². The van der Waals surface area contributed by atoms with Crippen molar-refractivity contribution in [3.8, 4) is 0 Å². The average molecular weight is 306 g/mol. The van der Waals surface area contributed by atoms with Crippen molar-refractivity contribution in [1.82, 2.24) is 10.2 Å². The molecule has 6 heteroatoms. The zero-order chi connectivity index (χ0) is 15.9. The Morgan fingerprint density at radius 2 is 1.95 bits per heavy atom. The molecule has 1 aromatic rings. The molecule has 2 amide bonds. The highest BCUT2D eigenvalue weighted by molar-refractivity contribution is 5.93. The molecule has 22 heavy (non-hydrogen) atoms. The van der Waals surface area contributed by atoms with E-state index >= 15 is 0 Å². The van der Waals surface area contributed by atoms with Crippen LogP contribution in [0.4, 0.5) is 16.2 Å². The van der Waals surface area contributed by atoms with Crippen LogP contribution >= 0.6 is 0 Å². The van der Waals surface area contributed by atoms with Gasteiger partial charge in [-0.25, -0.2) is 4.79 Å². The van der Waals surface area contributed by atoms with Crippen LogP contribution in [0.3, 0.4) is 0 Å². The number of carbonyl (C=O) groups is 1. The monoisotopic (exact) mass is 306 g/mol. The van der Waals surface area contributed by atoms with Gasteiger partial charge >= 0.3 is 6.03 Å². The summed E-state index contributed by atoms with van der Waals surface area (Å²) in [6.07, 6.45) is 0. The number of anilines is 2. The van der Waals surface area contributed by atoms with E-state index in [1.807, 2.05) is 31.2 Å². The Hall–Kier alpha value is -1.79. The summed E-state index contributed by atoms with van der Waals surface area (Å²) < 4.78 is 0. The van der Waals surface area contributed by atoms with Crippen molar-refractivity contribution in [3.63, 3.8) is 0 Å². The van der Waals surface area contributed by atoms with Crippen LogP contribution in [0.15, 0.2) is 24.3 Å². The second kappa shape index (κ2) is 8.00. The van der Waals surface area contributed by atoms with E-state index in [1.54, 1.807) is 0 Å². The van der Waals surface area contributed by atoms with Crippen LogP contribution in [-0.4, -0.2) is 62.4 Å². The number of urea groups is 1. The molecule has 1 fully saturated rings. The van der Waals surface area contributed by atoms with Crippen molar-refractivity contribution in [1.29, 1.82) is 0 Å². The van der Waals surface area contributed by atoms with Gasteiger partial charge in [-0.15, -0.1) is 0 Å². The maximum absolute atomic E-state index is 12.0. The van der Waals surface area contributed by atoms with Crippen LogP contribution in [0.5, 0.6) is 0 Å². The van der Waals surface area contributed by atoms with E-state index in [2.05, 4.69) is 27.5 Å². The number of carbonyl (C=O) groups excluding carboxylic acids is 1. The first-order valence-electron chi connectivity index (χ1n) is 7.78. The molecule has 0 spiro atoms. The van der Waals surface area contributed by atoms with Gasteiger partial charge in [-0.3, -0.25) is 0 Å². The van der Waals surface area contributed by atoms with Crippen molar-refractivity contribution < 1.29 is 9.90 Å². The molecule has 1 heterocycles. The maximum atomic E-state index is 12.0. The minimum Gasteiger partial charge on any atom is -0.396 e. The average Bonchev–Trinajstić information content (AvgIpc) is 2.54. The Bertz CT molecular complexity index is 487. The first kappa shape index (κ1) is 16.6. The zero-order valence-corrected chi connectivity index (χ0v) is 13.4. The summed E-state index contributed by atoms with van der Waals surface area (Å²) in [5.41, 5.74) is 1.88. The van der Waals surface area contributed by atoms with Crippen LogP contribution in [-0.2, 0) is 0 Å². The van der Waals surface area contributed by atoms with Crippen molar-refractivity contribution in [2.45, 2.75) is 6.92 Å². The third-order valence-corrected chi connectivity index (χ3v) is 3.92. The molecule has 122 valence electrons. The minimum atomic E-state index is -0.234. The molecule has 3 N–H and O–H groups in total. The molecule has 1 aliphatic heterocycles. The maximum Gasteiger partial charge on any atom is 0.319 e. The Morgan fingerprint density at radius 3 is 2.64 bits per heavy atom. The van der Waals surface area contributed by atoms with Gasteiger partial charge in [-0.2, -0.15) is 0 Å². The molecule has 0 aromatic heterocycles. The van der Waals surface area contributed by atoms with Gasteiger partial charge in [0.2, 0.25) is 0 Å². The number of benzene rings is 1. The summed E-state index contributed by atoms with van der Waals surface area (Å²) in [6.45, 7) is 6.37. The topological polar surface area (TPSA) is 67.8 Å².